The zero-order valence-electron chi connectivity index (χ0n) is 25.8. The zero-order valence-corrected chi connectivity index (χ0v) is 25.8. The first-order valence-electron chi connectivity index (χ1n) is 15.2. The molecule has 1 saturated heterocycles. The first kappa shape index (κ1) is 32.8. The van der Waals surface area contributed by atoms with Gasteiger partial charge in [0.1, 0.15) is 11.7 Å². The van der Waals surface area contributed by atoms with Crippen LogP contribution in [0.3, 0.4) is 0 Å². The van der Waals surface area contributed by atoms with Gasteiger partial charge in [0.2, 0.25) is 5.91 Å². The summed E-state index contributed by atoms with van der Waals surface area (Å²) < 4.78 is 13.2. The van der Waals surface area contributed by atoms with Crippen molar-refractivity contribution < 1.29 is 18.9 Å². The number of aliphatic imine (C=N–C) groups is 1. The highest BCUT2D eigenvalue weighted by atomic mass is 16.7. The van der Waals surface area contributed by atoms with Crippen LogP contribution in [0.25, 0.3) is 0 Å². The van der Waals surface area contributed by atoms with Gasteiger partial charge >= 0.3 is 7.12 Å². The second-order valence-corrected chi connectivity index (χ2v) is 12.3. The molecule has 2 aliphatic heterocycles. The highest BCUT2D eigenvalue weighted by Crippen LogP contribution is 2.42. The Morgan fingerprint density at radius 3 is 2.44 bits per heavy atom. The van der Waals surface area contributed by atoms with Crippen molar-refractivity contribution in [1.29, 1.82) is 0 Å². The minimum Gasteiger partial charge on any atom is -0.402 e. The van der Waals surface area contributed by atoms with Gasteiger partial charge in [-0.1, -0.05) is 63.4 Å². The van der Waals surface area contributed by atoms with Crippen LogP contribution in [-0.2, 0) is 25.3 Å². The standard InChI is InChI=1S/C31H50BN5O4/c1-23(2)20-27(32-40-30(3,4)31(5,41-32)16-12-7-8-13-17-33-6)37-28(38)25(21-24-14-10-9-11-15-24)36-29(39)26-22-34-18-19-35-26/h9-11,14-15,19,22-23,25,27,33-34H,7-8,12-13,16-18,20-21H2,1-6H3,(H,36,39)(H,37,38). The summed E-state index contributed by atoms with van der Waals surface area (Å²) in [6, 6.07) is 8.89. The van der Waals surface area contributed by atoms with Gasteiger partial charge in [0.15, 0.2) is 0 Å². The zero-order chi connectivity index (χ0) is 29.9. The van der Waals surface area contributed by atoms with Crippen molar-refractivity contribution in [1.82, 2.24) is 21.3 Å². The monoisotopic (exact) mass is 567 g/mol. The second kappa shape index (κ2) is 15.5. The van der Waals surface area contributed by atoms with Crippen molar-refractivity contribution in [3.8, 4) is 0 Å². The van der Waals surface area contributed by atoms with E-state index < -0.39 is 30.3 Å². The Kier molecular flexibility index (Phi) is 12.4. The normalized spacial score (nSPS) is 21.2. The Balaban J connectivity index is 1.73. The Morgan fingerprint density at radius 2 is 1.78 bits per heavy atom. The fourth-order valence-electron chi connectivity index (χ4n) is 5.31. The molecule has 2 aliphatic rings. The molecule has 41 heavy (non-hydrogen) atoms. The van der Waals surface area contributed by atoms with Crippen LogP contribution in [0.1, 0.15) is 78.7 Å². The fraction of sp³-hybridized carbons (Fsp3) is 0.645. The predicted molar refractivity (Wildman–Crippen MR) is 165 cm³/mol. The molecule has 3 rings (SSSR count). The summed E-state index contributed by atoms with van der Waals surface area (Å²) in [6.45, 7) is 12.1. The van der Waals surface area contributed by atoms with Gasteiger partial charge in [-0.05, 0) is 65.1 Å². The van der Waals surface area contributed by atoms with Crippen LogP contribution in [0.5, 0.6) is 0 Å². The van der Waals surface area contributed by atoms with Crippen molar-refractivity contribution >= 4 is 25.1 Å². The van der Waals surface area contributed by atoms with Gasteiger partial charge in [-0.2, -0.15) is 0 Å². The molecule has 0 bridgehead atoms. The molecule has 0 aromatic heterocycles. The molecule has 1 aromatic carbocycles. The number of amides is 2. The largest absolute Gasteiger partial charge is 0.481 e. The van der Waals surface area contributed by atoms with E-state index in [4.69, 9.17) is 9.31 Å². The molecule has 1 aromatic rings. The van der Waals surface area contributed by atoms with E-state index in [1.54, 1.807) is 12.4 Å². The summed E-state index contributed by atoms with van der Waals surface area (Å²) in [6.07, 6.45) is 9.66. The summed E-state index contributed by atoms with van der Waals surface area (Å²) in [4.78, 5) is 31.0. The Morgan fingerprint density at radius 1 is 1.05 bits per heavy atom. The van der Waals surface area contributed by atoms with Gasteiger partial charge in [0.05, 0.1) is 17.1 Å². The molecule has 1 fully saturated rings. The maximum Gasteiger partial charge on any atom is 0.481 e. The number of hydrogen-bond acceptors (Lipinski definition) is 7. The average molecular weight is 568 g/mol. The quantitative estimate of drug-likeness (QED) is 0.180. The van der Waals surface area contributed by atoms with E-state index in [9.17, 15) is 9.59 Å². The number of benzene rings is 1. The predicted octanol–water partition coefficient (Wildman–Crippen LogP) is 3.54. The number of rotatable bonds is 16. The first-order valence-corrected chi connectivity index (χ1v) is 15.2. The molecule has 3 atom stereocenters. The number of nitrogens with one attached hydrogen (secondary N) is 4. The number of carbonyl (C=O) groups is 2. The van der Waals surface area contributed by atoms with E-state index in [1.165, 1.54) is 12.8 Å². The minimum absolute atomic E-state index is 0.242. The molecule has 0 radical (unpaired) electrons. The minimum atomic E-state index is -0.795. The SMILES string of the molecule is CNCCCCCCC1(C)OB(C(CC(C)C)NC(=O)C(Cc2ccccc2)NC(=O)C2=CNCC=N2)OC1(C)C. The lowest BCUT2D eigenvalue weighted by Crippen LogP contribution is -2.55. The molecular formula is C31H50BN5O4. The van der Waals surface area contributed by atoms with Crippen LogP contribution in [0.15, 0.2) is 47.2 Å². The van der Waals surface area contributed by atoms with E-state index in [2.05, 4.69) is 60.9 Å². The van der Waals surface area contributed by atoms with Crippen LogP contribution >= 0.6 is 0 Å². The summed E-state index contributed by atoms with van der Waals surface area (Å²) in [5.41, 5.74) is 0.200. The third-order valence-corrected chi connectivity index (χ3v) is 8.09. The van der Waals surface area contributed by atoms with Crippen molar-refractivity contribution in [3.05, 3.63) is 47.8 Å². The highest BCUT2D eigenvalue weighted by Gasteiger charge is 2.56. The second-order valence-electron chi connectivity index (χ2n) is 12.3. The Bertz CT molecular complexity index is 1050. The average Bonchev–Trinajstić information content (AvgIpc) is 3.18. The number of hydrogen-bond donors (Lipinski definition) is 4. The molecule has 9 nitrogen and oxygen atoms in total. The number of unbranched alkanes of at least 4 members (excludes halogenated alkanes) is 3. The lowest BCUT2D eigenvalue weighted by molar-refractivity contribution is -0.127. The molecular weight excluding hydrogens is 517 g/mol. The molecule has 3 unspecified atom stereocenters. The molecule has 0 spiro atoms. The van der Waals surface area contributed by atoms with E-state index in [-0.39, 0.29) is 17.5 Å². The maximum atomic E-state index is 13.8. The molecule has 10 heteroatoms. The number of nitrogens with zero attached hydrogens (tertiary/aromatic N) is 1. The van der Waals surface area contributed by atoms with Gasteiger partial charge in [-0.25, -0.2) is 0 Å². The van der Waals surface area contributed by atoms with Gasteiger partial charge in [-0.3, -0.25) is 14.6 Å². The first-order chi connectivity index (χ1) is 19.5. The van der Waals surface area contributed by atoms with E-state index >= 15 is 0 Å². The summed E-state index contributed by atoms with van der Waals surface area (Å²) in [5.74, 6) is -0.751. The lowest BCUT2D eigenvalue weighted by Gasteiger charge is -2.36. The van der Waals surface area contributed by atoms with E-state index in [0.29, 0.717) is 25.3 Å². The smallest absolute Gasteiger partial charge is 0.402 e. The van der Waals surface area contributed by atoms with Crippen LogP contribution in [0, 0.1) is 5.92 Å². The van der Waals surface area contributed by atoms with Crippen molar-refractivity contribution in [2.24, 2.45) is 10.9 Å². The molecule has 4 N–H and O–H groups in total. The van der Waals surface area contributed by atoms with Crippen molar-refractivity contribution in [2.75, 3.05) is 20.1 Å². The van der Waals surface area contributed by atoms with E-state index in [0.717, 1.165) is 31.4 Å². The third kappa shape index (κ3) is 9.69. The van der Waals surface area contributed by atoms with Crippen LogP contribution in [-0.4, -0.2) is 68.5 Å². The van der Waals surface area contributed by atoms with Crippen LogP contribution < -0.4 is 21.3 Å². The van der Waals surface area contributed by atoms with Gasteiger partial charge in [-0.15, -0.1) is 0 Å². The maximum absolute atomic E-state index is 13.8. The third-order valence-electron chi connectivity index (χ3n) is 8.09. The summed E-state index contributed by atoms with van der Waals surface area (Å²) >= 11 is 0. The van der Waals surface area contributed by atoms with Crippen LogP contribution in [0.2, 0.25) is 0 Å². The van der Waals surface area contributed by atoms with E-state index in [1.807, 2.05) is 37.4 Å². The van der Waals surface area contributed by atoms with Gasteiger partial charge in [0.25, 0.3) is 5.91 Å². The Hall–Kier alpha value is -2.69. The topological polar surface area (TPSA) is 113 Å². The number of carbonyl (C=O) groups excluding carboxylic acids is 2. The molecule has 2 amide bonds. The van der Waals surface area contributed by atoms with Gasteiger partial charge < -0.3 is 30.6 Å². The molecule has 2 heterocycles. The van der Waals surface area contributed by atoms with Crippen LogP contribution in [0.4, 0.5) is 0 Å². The summed E-state index contributed by atoms with van der Waals surface area (Å²) in [7, 11) is 1.39. The lowest BCUT2D eigenvalue weighted by atomic mass is 9.73. The summed E-state index contributed by atoms with van der Waals surface area (Å²) in [5, 5.41) is 12.3. The molecule has 0 saturated carbocycles. The van der Waals surface area contributed by atoms with Crippen molar-refractivity contribution in [2.45, 2.75) is 103 Å². The molecule has 226 valence electrons. The highest BCUT2D eigenvalue weighted by molar-refractivity contribution is 6.48. The van der Waals surface area contributed by atoms with Crippen molar-refractivity contribution in [3.63, 3.8) is 0 Å². The Labute approximate surface area is 246 Å². The fourth-order valence-corrected chi connectivity index (χ4v) is 5.31. The molecule has 0 aliphatic carbocycles. The van der Waals surface area contributed by atoms with Gasteiger partial charge in [0, 0.05) is 25.4 Å².